The van der Waals surface area contributed by atoms with Crippen molar-refractivity contribution in [3.63, 3.8) is 0 Å². The van der Waals surface area contributed by atoms with Crippen molar-refractivity contribution >= 4 is 28.6 Å². The Morgan fingerprint density at radius 1 is 1.47 bits per heavy atom. The van der Waals surface area contributed by atoms with Crippen molar-refractivity contribution in [3.05, 3.63) is 23.0 Å². The fourth-order valence-electron chi connectivity index (χ4n) is 2.70. The highest BCUT2D eigenvalue weighted by atomic mass is 35.5. The molecule has 0 amide bonds. The van der Waals surface area contributed by atoms with Gasteiger partial charge in [0.05, 0.1) is 16.1 Å². The maximum atomic E-state index is 13.6. The van der Waals surface area contributed by atoms with E-state index in [1.807, 2.05) is 4.57 Å². The Bertz CT molecular complexity index is 644. The molecule has 0 unspecified atom stereocenters. The van der Waals surface area contributed by atoms with Crippen LogP contribution in [-0.2, 0) is 6.54 Å². The van der Waals surface area contributed by atoms with Crippen molar-refractivity contribution < 1.29 is 4.39 Å². The summed E-state index contributed by atoms with van der Waals surface area (Å²) in [6, 6.07) is 2.96. The first-order valence-corrected chi connectivity index (χ1v) is 6.91. The van der Waals surface area contributed by atoms with E-state index >= 15 is 0 Å². The van der Waals surface area contributed by atoms with Gasteiger partial charge in [-0.05, 0) is 30.2 Å². The molecule has 0 saturated heterocycles. The van der Waals surface area contributed by atoms with Crippen LogP contribution >= 0.6 is 11.6 Å². The van der Waals surface area contributed by atoms with Gasteiger partial charge in [0, 0.05) is 12.6 Å². The third-order valence-electron chi connectivity index (χ3n) is 4.41. The lowest BCUT2D eigenvalue weighted by Gasteiger charge is -2.21. The number of anilines is 1. The Morgan fingerprint density at radius 3 is 2.74 bits per heavy atom. The van der Waals surface area contributed by atoms with Crippen molar-refractivity contribution in [1.29, 1.82) is 0 Å². The zero-order valence-corrected chi connectivity index (χ0v) is 11.8. The van der Waals surface area contributed by atoms with Crippen molar-refractivity contribution in [1.82, 2.24) is 9.55 Å². The molecule has 0 atom stereocenters. The Kier molecular flexibility index (Phi) is 2.75. The average molecular weight is 282 g/mol. The molecule has 102 valence electrons. The zero-order valence-electron chi connectivity index (χ0n) is 11.1. The number of nitrogens with two attached hydrogens (primary N) is 1. The fourth-order valence-corrected chi connectivity index (χ4v) is 2.86. The Labute approximate surface area is 116 Å². The number of fused-ring (bicyclic) bond motifs is 1. The molecule has 0 radical (unpaired) electrons. The topological polar surface area (TPSA) is 43.8 Å². The molecule has 2 N–H and O–H groups in total. The molecule has 2 aromatic rings. The van der Waals surface area contributed by atoms with Crippen LogP contribution in [0.25, 0.3) is 11.0 Å². The molecule has 3 nitrogen and oxygen atoms in total. The summed E-state index contributed by atoms with van der Waals surface area (Å²) in [6.07, 6.45) is 2.39. The minimum Gasteiger partial charge on any atom is -0.369 e. The molecule has 0 bridgehead atoms. The summed E-state index contributed by atoms with van der Waals surface area (Å²) in [5, 5.41) is 0.0853. The van der Waals surface area contributed by atoms with Crippen LogP contribution in [0, 0.1) is 17.2 Å². The van der Waals surface area contributed by atoms with Crippen LogP contribution in [-0.4, -0.2) is 9.55 Å². The minimum atomic E-state index is -0.426. The molecule has 1 aromatic heterocycles. The van der Waals surface area contributed by atoms with E-state index in [1.165, 1.54) is 25.0 Å². The lowest BCUT2D eigenvalue weighted by Crippen LogP contribution is -2.19. The number of nitrogen functional groups attached to an aromatic ring is 1. The molecule has 1 aliphatic carbocycles. The lowest BCUT2D eigenvalue weighted by molar-refractivity contribution is 0.314. The first-order valence-electron chi connectivity index (χ1n) is 6.54. The Hall–Kier alpha value is -1.29. The number of benzene rings is 1. The number of halogens is 2. The van der Waals surface area contributed by atoms with Gasteiger partial charge in [0.1, 0.15) is 5.82 Å². The summed E-state index contributed by atoms with van der Waals surface area (Å²) in [5.41, 5.74) is 7.65. The monoisotopic (exact) mass is 281 g/mol. The predicted octanol–water partition coefficient (Wildman–Crippen LogP) is 3.85. The van der Waals surface area contributed by atoms with Crippen molar-refractivity contribution in [2.24, 2.45) is 11.3 Å². The molecular formula is C14H17ClFN3. The zero-order chi connectivity index (χ0) is 13.8. The Balaban J connectivity index is 2.08. The highest BCUT2D eigenvalue weighted by Gasteiger charge is 2.46. The molecule has 1 aromatic carbocycles. The van der Waals surface area contributed by atoms with E-state index < -0.39 is 5.82 Å². The standard InChI is InChI=1S/C14H17ClFN3/c1-8(2)14(3-4-14)7-19-12-6-10(16)9(15)5-11(12)18-13(19)17/h5-6,8H,3-4,7H2,1-2H3,(H2,17,18). The molecule has 5 heteroatoms. The third-order valence-corrected chi connectivity index (χ3v) is 4.70. The second-order valence-corrected chi connectivity index (χ2v) is 6.24. The summed E-state index contributed by atoms with van der Waals surface area (Å²) < 4.78 is 15.5. The fraction of sp³-hybridized carbons (Fsp3) is 0.500. The van der Waals surface area contributed by atoms with E-state index in [1.54, 1.807) is 0 Å². The predicted molar refractivity (Wildman–Crippen MR) is 75.6 cm³/mol. The molecule has 0 aliphatic heterocycles. The van der Waals surface area contributed by atoms with Gasteiger partial charge < -0.3 is 10.3 Å². The van der Waals surface area contributed by atoms with E-state index in [0.29, 0.717) is 17.4 Å². The first kappa shape index (κ1) is 12.7. The second kappa shape index (κ2) is 4.10. The SMILES string of the molecule is CC(C)C1(Cn2c(N)nc3cc(Cl)c(F)cc32)CC1. The van der Waals surface area contributed by atoms with Crippen LogP contribution in [0.3, 0.4) is 0 Å². The highest BCUT2D eigenvalue weighted by Crippen LogP contribution is 2.53. The van der Waals surface area contributed by atoms with Crippen LogP contribution in [0.2, 0.25) is 5.02 Å². The molecule has 19 heavy (non-hydrogen) atoms. The van der Waals surface area contributed by atoms with Gasteiger partial charge in [0.25, 0.3) is 0 Å². The van der Waals surface area contributed by atoms with Crippen molar-refractivity contribution in [2.45, 2.75) is 33.2 Å². The van der Waals surface area contributed by atoms with Crippen molar-refractivity contribution in [2.75, 3.05) is 5.73 Å². The largest absolute Gasteiger partial charge is 0.369 e. The van der Waals surface area contributed by atoms with Crippen LogP contribution in [0.5, 0.6) is 0 Å². The van der Waals surface area contributed by atoms with Gasteiger partial charge >= 0.3 is 0 Å². The highest BCUT2D eigenvalue weighted by molar-refractivity contribution is 6.31. The maximum Gasteiger partial charge on any atom is 0.201 e. The molecular weight excluding hydrogens is 265 g/mol. The summed E-state index contributed by atoms with van der Waals surface area (Å²) >= 11 is 5.78. The van der Waals surface area contributed by atoms with E-state index in [9.17, 15) is 4.39 Å². The first-order chi connectivity index (χ1) is 8.93. The smallest absolute Gasteiger partial charge is 0.201 e. The quantitative estimate of drug-likeness (QED) is 0.929. The minimum absolute atomic E-state index is 0.0853. The number of rotatable bonds is 3. The molecule has 3 rings (SSSR count). The summed E-state index contributed by atoms with van der Waals surface area (Å²) in [4.78, 5) is 4.28. The van der Waals surface area contributed by atoms with Gasteiger partial charge in [0.15, 0.2) is 0 Å². The van der Waals surface area contributed by atoms with E-state index in [2.05, 4.69) is 18.8 Å². The van der Waals surface area contributed by atoms with E-state index in [4.69, 9.17) is 17.3 Å². The van der Waals surface area contributed by atoms with Gasteiger partial charge in [0.2, 0.25) is 5.95 Å². The number of hydrogen-bond donors (Lipinski definition) is 1. The number of nitrogens with zero attached hydrogens (tertiary/aromatic N) is 2. The number of aromatic nitrogens is 2. The van der Waals surface area contributed by atoms with E-state index in [0.717, 1.165) is 12.1 Å². The van der Waals surface area contributed by atoms with Crippen molar-refractivity contribution in [3.8, 4) is 0 Å². The van der Waals surface area contributed by atoms with Gasteiger partial charge in [-0.2, -0.15) is 0 Å². The van der Waals surface area contributed by atoms with Gasteiger partial charge in [-0.3, -0.25) is 0 Å². The van der Waals surface area contributed by atoms with Crippen LogP contribution < -0.4 is 5.73 Å². The molecule has 1 heterocycles. The molecule has 1 saturated carbocycles. The molecule has 1 fully saturated rings. The number of hydrogen-bond acceptors (Lipinski definition) is 2. The molecule has 0 spiro atoms. The summed E-state index contributed by atoms with van der Waals surface area (Å²) in [7, 11) is 0. The van der Waals surface area contributed by atoms with Gasteiger partial charge in [-0.15, -0.1) is 0 Å². The maximum absolute atomic E-state index is 13.6. The van der Waals surface area contributed by atoms with Crippen LogP contribution in [0.15, 0.2) is 12.1 Å². The van der Waals surface area contributed by atoms with Gasteiger partial charge in [-0.25, -0.2) is 9.37 Å². The third kappa shape index (κ3) is 1.98. The van der Waals surface area contributed by atoms with E-state index in [-0.39, 0.29) is 10.4 Å². The lowest BCUT2D eigenvalue weighted by atomic mass is 9.92. The van der Waals surface area contributed by atoms with Gasteiger partial charge in [-0.1, -0.05) is 25.4 Å². The number of imidazole rings is 1. The molecule has 1 aliphatic rings. The van der Waals surface area contributed by atoms with Crippen LogP contribution in [0.4, 0.5) is 10.3 Å². The second-order valence-electron chi connectivity index (χ2n) is 5.83. The summed E-state index contributed by atoms with van der Waals surface area (Å²) in [6.45, 7) is 5.24. The Morgan fingerprint density at radius 2 is 2.16 bits per heavy atom. The summed E-state index contributed by atoms with van der Waals surface area (Å²) in [5.74, 6) is 0.592. The normalized spacial score (nSPS) is 17.3. The van der Waals surface area contributed by atoms with Crippen LogP contribution in [0.1, 0.15) is 26.7 Å². The average Bonchev–Trinajstić information content (AvgIpc) is 3.06.